The Kier molecular flexibility index (Phi) is 2.03. The topological polar surface area (TPSA) is 54.6 Å². The molecule has 0 aliphatic heterocycles. The zero-order chi connectivity index (χ0) is 10.3. The Hall–Kier alpha value is -1.36. The van der Waals surface area contributed by atoms with Crippen LogP contribution in [0.3, 0.4) is 0 Å². The average Bonchev–Trinajstić information content (AvgIpc) is 2.57. The number of carbonyl (C=O) groups is 1. The molecule has 0 aromatic carbocycles. The van der Waals surface area contributed by atoms with E-state index in [1.54, 1.807) is 10.6 Å². The standard InChI is InChI=1S/C9H10N2O2S/c1-5(2)6-3-11-4-7(8(12)13)14-9(11)10-6/h3-5H,1-2H3,(H,12,13). The van der Waals surface area contributed by atoms with Gasteiger partial charge in [0.05, 0.1) is 5.69 Å². The number of hydrogen-bond acceptors (Lipinski definition) is 3. The van der Waals surface area contributed by atoms with Crippen molar-refractivity contribution in [3.8, 4) is 0 Å². The molecule has 0 unspecified atom stereocenters. The molecule has 2 heterocycles. The normalized spacial score (nSPS) is 11.4. The molecule has 0 aliphatic rings. The summed E-state index contributed by atoms with van der Waals surface area (Å²) in [5.41, 5.74) is 0.994. The third-order valence-corrected chi connectivity index (χ3v) is 2.96. The van der Waals surface area contributed by atoms with Crippen LogP contribution in [0.25, 0.3) is 4.96 Å². The minimum Gasteiger partial charge on any atom is -0.477 e. The summed E-state index contributed by atoms with van der Waals surface area (Å²) < 4.78 is 1.77. The molecule has 74 valence electrons. The van der Waals surface area contributed by atoms with Crippen LogP contribution in [0, 0.1) is 0 Å². The molecular weight excluding hydrogens is 200 g/mol. The van der Waals surface area contributed by atoms with Gasteiger partial charge in [-0.25, -0.2) is 9.78 Å². The van der Waals surface area contributed by atoms with Crippen LogP contribution in [0.2, 0.25) is 0 Å². The van der Waals surface area contributed by atoms with Crippen molar-refractivity contribution in [1.29, 1.82) is 0 Å². The number of aromatic carboxylic acids is 1. The molecule has 0 spiro atoms. The van der Waals surface area contributed by atoms with E-state index in [-0.39, 0.29) is 0 Å². The van der Waals surface area contributed by atoms with Crippen molar-refractivity contribution < 1.29 is 9.90 Å². The van der Waals surface area contributed by atoms with Crippen LogP contribution in [0.4, 0.5) is 0 Å². The summed E-state index contributed by atoms with van der Waals surface area (Å²) in [5, 5.41) is 8.75. The molecule has 2 aromatic heterocycles. The zero-order valence-corrected chi connectivity index (χ0v) is 8.71. The number of rotatable bonds is 2. The number of thiazole rings is 1. The number of carboxylic acids is 1. The lowest BCUT2D eigenvalue weighted by Gasteiger charge is -1.95. The van der Waals surface area contributed by atoms with Gasteiger partial charge in [-0.15, -0.1) is 0 Å². The van der Waals surface area contributed by atoms with Crippen molar-refractivity contribution in [2.24, 2.45) is 0 Å². The summed E-state index contributed by atoms with van der Waals surface area (Å²) in [6, 6.07) is 0. The van der Waals surface area contributed by atoms with E-state index < -0.39 is 5.97 Å². The fraction of sp³-hybridized carbons (Fsp3) is 0.333. The predicted octanol–water partition coefficient (Wildman–Crippen LogP) is 2.22. The first-order valence-corrected chi connectivity index (χ1v) is 5.11. The highest BCUT2D eigenvalue weighted by molar-refractivity contribution is 7.18. The molecule has 0 amide bonds. The lowest BCUT2D eigenvalue weighted by Crippen LogP contribution is -1.91. The molecule has 0 fully saturated rings. The van der Waals surface area contributed by atoms with E-state index in [0.717, 1.165) is 10.7 Å². The molecule has 0 bridgehead atoms. The summed E-state index contributed by atoms with van der Waals surface area (Å²) in [7, 11) is 0. The third-order valence-electron chi connectivity index (χ3n) is 1.98. The molecule has 4 nitrogen and oxygen atoms in total. The first-order valence-electron chi connectivity index (χ1n) is 4.29. The molecular formula is C9H10N2O2S. The van der Waals surface area contributed by atoms with Crippen molar-refractivity contribution in [3.63, 3.8) is 0 Å². The summed E-state index contributed by atoms with van der Waals surface area (Å²) in [6.07, 6.45) is 3.48. The van der Waals surface area contributed by atoms with E-state index in [2.05, 4.69) is 18.8 Å². The monoisotopic (exact) mass is 210 g/mol. The van der Waals surface area contributed by atoms with Gasteiger partial charge in [0.15, 0.2) is 4.96 Å². The summed E-state index contributed by atoms with van der Waals surface area (Å²) in [5.74, 6) is -0.526. The molecule has 0 saturated heterocycles. The van der Waals surface area contributed by atoms with Gasteiger partial charge in [-0.1, -0.05) is 25.2 Å². The molecule has 0 aliphatic carbocycles. The van der Waals surface area contributed by atoms with Gasteiger partial charge in [0, 0.05) is 12.4 Å². The van der Waals surface area contributed by atoms with E-state index >= 15 is 0 Å². The second kappa shape index (κ2) is 3.09. The summed E-state index contributed by atoms with van der Waals surface area (Å²) in [6.45, 7) is 4.12. The molecule has 14 heavy (non-hydrogen) atoms. The van der Waals surface area contributed by atoms with Gasteiger partial charge in [-0.2, -0.15) is 0 Å². The van der Waals surface area contributed by atoms with Gasteiger partial charge in [-0.05, 0) is 5.92 Å². The van der Waals surface area contributed by atoms with Gasteiger partial charge < -0.3 is 5.11 Å². The molecule has 0 saturated carbocycles. The maximum atomic E-state index is 10.7. The fourth-order valence-electron chi connectivity index (χ4n) is 1.19. The smallest absolute Gasteiger partial charge is 0.347 e. The maximum Gasteiger partial charge on any atom is 0.347 e. The van der Waals surface area contributed by atoms with E-state index in [1.807, 2.05) is 6.20 Å². The fourth-order valence-corrected chi connectivity index (χ4v) is 2.00. The van der Waals surface area contributed by atoms with Crippen LogP contribution in [0.5, 0.6) is 0 Å². The number of nitrogens with zero attached hydrogens (tertiary/aromatic N) is 2. The lowest BCUT2D eigenvalue weighted by molar-refractivity contribution is 0.0702. The number of hydrogen-bond donors (Lipinski definition) is 1. The molecule has 0 atom stereocenters. The number of fused-ring (bicyclic) bond motifs is 1. The zero-order valence-electron chi connectivity index (χ0n) is 7.89. The summed E-state index contributed by atoms with van der Waals surface area (Å²) >= 11 is 1.20. The first kappa shape index (κ1) is 9.21. The highest BCUT2D eigenvalue weighted by Gasteiger charge is 2.12. The SMILES string of the molecule is CC(C)c1cn2cc(C(=O)O)sc2n1. The first-order chi connectivity index (χ1) is 6.58. The minimum atomic E-state index is -0.897. The molecule has 1 N–H and O–H groups in total. The van der Waals surface area contributed by atoms with Crippen LogP contribution in [-0.2, 0) is 0 Å². The van der Waals surface area contributed by atoms with E-state index in [1.165, 1.54) is 11.3 Å². The van der Waals surface area contributed by atoms with Crippen LogP contribution in [-0.4, -0.2) is 20.5 Å². The molecule has 2 rings (SSSR count). The number of carboxylic acid groups (broad SMARTS) is 1. The van der Waals surface area contributed by atoms with Crippen molar-refractivity contribution in [3.05, 3.63) is 23.0 Å². The Morgan fingerprint density at radius 2 is 2.29 bits per heavy atom. The van der Waals surface area contributed by atoms with Crippen molar-refractivity contribution >= 4 is 22.3 Å². The Morgan fingerprint density at radius 1 is 1.57 bits per heavy atom. The van der Waals surface area contributed by atoms with Crippen molar-refractivity contribution in [1.82, 2.24) is 9.38 Å². The Bertz CT molecular complexity index is 452. The van der Waals surface area contributed by atoms with E-state index in [4.69, 9.17) is 5.11 Å². The second-order valence-electron chi connectivity index (χ2n) is 3.41. The van der Waals surface area contributed by atoms with Gasteiger partial charge in [0.25, 0.3) is 0 Å². The quantitative estimate of drug-likeness (QED) is 0.826. The van der Waals surface area contributed by atoms with Gasteiger partial charge in [0.2, 0.25) is 0 Å². The second-order valence-corrected chi connectivity index (χ2v) is 4.42. The molecule has 2 aromatic rings. The van der Waals surface area contributed by atoms with E-state index in [9.17, 15) is 4.79 Å². The minimum absolute atomic E-state index is 0.322. The number of imidazole rings is 1. The Labute approximate surface area is 84.8 Å². The molecule has 5 heteroatoms. The van der Waals surface area contributed by atoms with Gasteiger partial charge in [0.1, 0.15) is 4.88 Å². The Morgan fingerprint density at radius 3 is 2.79 bits per heavy atom. The maximum absolute atomic E-state index is 10.7. The van der Waals surface area contributed by atoms with Crippen LogP contribution in [0.1, 0.15) is 35.1 Å². The largest absolute Gasteiger partial charge is 0.477 e. The third kappa shape index (κ3) is 1.39. The summed E-state index contributed by atoms with van der Waals surface area (Å²) in [4.78, 5) is 16.1. The molecule has 0 radical (unpaired) electrons. The number of aromatic nitrogens is 2. The van der Waals surface area contributed by atoms with Crippen LogP contribution in [0.15, 0.2) is 12.4 Å². The van der Waals surface area contributed by atoms with Crippen LogP contribution >= 0.6 is 11.3 Å². The highest BCUT2D eigenvalue weighted by atomic mass is 32.1. The average molecular weight is 210 g/mol. The van der Waals surface area contributed by atoms with Crippen molar-refractivity contribution in [2.45, 2.75) is 19.8 Å². The van der Waals surface area contributed by atoms with Crippen LogP contribution < -0.4 is 0 Å². The van der Waals surface area contributed by atoms with Crippen molar-refractivity contribution in [2.75, 3.05) is 0 Å². The highest BCUT2D eigenvalue weighted by Crippen LogP contribution is 2.21. The van der Waals surface area contributed by atoms with E-state index in [0.29, 0.717) is 10.8 Å². The predicted molar refractivity (Wildman–Crippen MR) is 54.1 cm³/mol. The van der Waals surface area contributed by atoms with Gasteiger partial charge in [-0.3, -0.25) is 4.40 Å². The van der Waals surface area contributed by atoms with Gasteiger partial charge >= 0.3 is 5.97 Å². The lowest BCUT2D eigenvalue weighted by atomic mass is 10.2. The Balaban J connectivity index is 2.50.